The Balaban J connectivity index is 1.97. The molecule has 3 rings (SSSR count). The number of thiazole rings is 1. The van der Waals surface area contributed by atoms with Crippen LogP contribution in [0.2, 0.25) is 0 Å². The summed E-state index contributed by atoms with van der Waals surface area (Å²) in [4.78, 5) is 9.69. The van der Waals surface area contributed by atoms with Crippen molar-refractivity contribution >= 4 is 11.3 Å². The first-order chi connectivity index (χ1) is 8.83. The third-order valence-corrected chi connectivity index (χ3v) is 3.86. The average molecular weight is 252 g/mol. The molecule has 0 radical (unpaired) electrons. The molecule has 0 fully saturated rings. The van der Waals surface area contributed by atoms with Gasteiger partial charge in [0.1, 0.15) is 5.01 Å². The summed E-state index contributed by atoms with van der Waals surface area (Å²) in [7, 11) is 0. The average Bonchev–Trinajstić information content (AvgIpc) is 2.90. The minimum absolute atomic E-state index is 1.06. The van der Waals surface area contributed by atoms with Gasteiger partial charge in [-0.1, -0.05) is 29.8 Å². The highest BCUT2D eigenvalue weighted by Crippen LogP contribution is 2.31. The Morgan fingerprint density at radius 1 is 0.889 bits per heavy atom. The number of pyridine rings is 1. The number of benzene rings is 1. The molecule has 2 heterocycles. The van der Waals surface area contributed by atoms with Crippen LogP contribution in [-0.2, 0) is 0 Å². The fraction of sp³-hybridized carbons (Fsp3) is 0.0667. The van der Waals surface area contributed by atoms with Crippen LogP contribution in [0.3, 0.4) is 0 Å². The normalized spacial score (nSPS) is 10.5. The topological polar surface area (TPSA) is 25.8 Å². The summed E-state index contributed by atoms with van der Waals surface area (Å²) in [5, 5.41) is 1.06. The van der Waals surface area contributed by atoms with E-state index < -0.39 is 0 Å². The van der Waals surface area contributed by atoms with Crippen LogP contribution >= 0.6 is 11.3 Å². The monoisotopic (exact) mass is 252 g/mol. The second kappa shape index (κ2) is 4.70. The van der Waals surface area contributed by atoms with Crippen LogP contribution in [0.25, 0.3) is 21.0 Å². The van der Waals surface area contributed by atoms with Gasteiger partial charge in [-0.2, -0.15) is 0 Å². The minimum Gasteiger partial charge on any atom is -0.265 e. The Hall–Kier alpha value is -2.00. The maximum Gasteiger partial charge on any atom is 0.123 e. The van der Waals surface area contributed by atoms with E-state index in [4.69, 9.17) is 0 Å². The predicted octanol–water partition coefficient (Wildman–Crippen LogP) is 4.18. The predicted molar refractivity (Wildman–Crippen MR) is 75.5 cm³/mol. The molecule has 3 aromatic rings. The molecule has 88 valence electrons. The fourth-order valence-electron chi connectivity index (χ4n) is 1.75. The van der Waals surface area contributed by atoms with Crippen LogP contribution in [-0.4, -0.2) is 9.97 Å². The summed E-state index contributed by atoms with van der Waals surface area (Å²) in [5.74, 6) is 0. The first-order valence-electron chi connectivity index (χ1n) is 5.76. The molecule has 0 spiro atoms. The third kappa shape index (κ3) is 2.17. The summed E-state index contributed by atoms with van der Waals surface area (Å²) in [6.45, 7) is 2.09. The number of hydrogen-bond donors (Lipinski definition) is 0. The Morgan fingerprint density at radius 3 is 2.33 bits per heavy atom. The molecule has 0 aliphatic rings. The molecule has 18 heavy (non-hydrogen) atoms. The lowest BCUT2D eigenvalue weighted by Gasteiger charge is -1.96. The number of aromatic nitrogens is 2. The SMILES string of the molecule is Cc1ccc(-c2ncc(-c3ccncc3)s2)cc1. The minimum atomic E-state index is 1.06. The molecule has 0 aliphatic heterocycles. The van der Waals surface area contributed by atoms with E-state index >= 15 is 0 Å². The summed E-state index contributed by atoms with van der Waals surface area (Å²) < 4.78 is 0. The van der Waals surface area contributed by atoms with Gasteiger partial charge >= 0.3 is 0 Å². The van der Waals surface area contributed by atoms with Crippen molar-refractivity contribution in [2.75, 3.05) is 0 Å². The van der Waals surface area contributed by atoms with E-state index in [1.54, 1.807) is 23.7 Å². The number of nitrogens with zero attached hydrogens (tertiary/aromatic N) is 2. The van der Waals surface area contributed by atoms with Crippen molar-refractivity contribution in [3.63, 3.8) is 0 Å². The fourth-order valence-corrected chi connectivity index (χ4v) is 2.68. The van der Waals surface area contributed by atoms with E-state index in [0.717, 1.165) is 5.01 Å². The Kier molecular flexibility index (Phi) is 2.90. The first kappa shape index (κ1) is 11.1. The van der Waals surface area contributed by atoms with Crippen molar-refractivity contribution < 1.29 is 0 Å². The van der Waals surface area contributed by atoms with Crippen molar-refractivity contribution in [2.24, 2.45) is 0 Å². The second-order valence-corrected chi connectivity index (χ2v) is 5.16. The second-order valence-electron chi connectivity index (χ2n) is 4.13. The molecule has 1 aromatic carbocycles. The molecular formula is C15H12N2S. The lowest BCUT2D eigenvalue weighted by molar-refractivity contribution is 1.33. The maximum atomic E-state index is 4.49. The van der Waals surface area contributed by atoms with Crippen LogP contribution in [0.15, 0.2) is 55.0 Å². The Morgan fingerprint density at radius 2 is 1.61 bits per heavy atom. The number of rotatable bonds is 2. The number of aryl methyl sites for hydroxylation is 1. The maximum absolute atomic E-state index is 4.49. The van der Waals surface area contributed by atoms with E-state index in [9.17, 15) is 0 Å². The van der Waals surface area contributed by atoms with Crippen LogP contribution in [0.4, 0.5) is 0 Å². The van der Waals surface area contributed by atoms with E-state index in [-0.39, 0.29) is 0 Å². The van der Waals surface area contributed by atoms with E-state index in [2.05, 4.69) is 41.2 Å². The summed E-state index contributed by atoms with van der Waals surface area (Å²) in [6, 6.07) is 12.5. The Bertz CT molecular complexity index is 642. The zero-order valence-corrected chi connectivity index (χ0v) is 10.8. The van der Waals surface area contributed by atoms with Crippen molar-refractivity contribution in [2.45, 2.75) is 6.92 Å². The van der Waals surface area contributed by atoms with Gasteiger partial charge in [-0.15, -0.1) is 11.3 Å². The van der Waals surface area contributed by atoms with Crippen LogP contribution < -0.4 is 0 Å². The van der Waals surface area contributed by atoms with Crippen LogP contribution in [0.5, 0.6) is 0 Å². The van der Waals surface area contributed by atoms with Crippen LogP contribution in [0, 0.1) is 6.92 Å². The molecule has 0 bridgehead atoms. The molecule has 0 saturated carbocycles. The van der Waals surface area contributed by atoms with E-state index in [0.29, 0.717) is 0 Å². The molecule has 3 heteroatoms. The Labute approximate surface area is 110 Å². The molecular weight excluding hydrogens is 240 g/mol. The zero-order valence-electron chi connectivity index (χ0n) is 10.00. The molecule has 0 N–H and O–H groups in total. The molecule has 2 aromatic heterocycles. The molecule has 0 saturated heterocycles. The molecule has 0 amide bonds. The van der Waals surface area contributed by atoms with Crippen molar-refractivity contribution in [3.8, 4) is 21.0 Å². The van der Waals surface area contributed by atoms with Crippen molar-refractivity contribution in [1.82, 2.24) is 9.97 Å². The molecule has 2 nitrogen and oxygen atoms in total. The molecule has 0 aliphatic carbocycles. The van der Waals surface area contributed by atoms with Gasteiger partial charge in [0.05, 0.1) is 4.88 Å². The third-order valence-electron chi connectivity index (χ3n) is 2.77. The van der Waals surface area contributed by atoms with E-state index in [1.807, 2.05) is 18.3 Å². The van der Waals surface area contributed by atoms with Gasteiger partial charge in [-0.3, -0.25) is 4.98 Å². The summed E-state index contributed by atoms with van der Waals surface area (Å²) >= 11 is 1.71. The van der Waals surface area contributed by atoms with Crippen LogP contribution in [0.1, 0.15) is 5.56 Å². The highest BCUT2D eigenvalue weighted by Gasteiger charge is 2.05. The van der Waals surface area contributed by atoms with Gasteiger partial charge in [-0.25, -0.2) is 4.98 Å². The van der Waals surface area contributed by atoms with Gasteiger partial charge in [0.15, 0.2) is 0 Å². The molecule has 0 unspecified atom stereocenters. The quantitative estimate of drug-likeness (QED) is 0.683. The van der Waals surface area contributed by atoms with Gasteiger partial charge in [0, 0.05) is 24.2 Å². The van der Waals surface area contributed by atoms with Gasteiger partial charge in [0.2, 0.25) is 0 Å². The highest BCUT2D eigenvalue weighted by molar-refractivity contribution is 7.18. The van der Waals surface area contributed by atoms with Gasteiger partial charge in [-0.05, 0) is 24.6 Å². The van der Waals surface area contributed by atoms with Crippen molar-refractivity contribution in [3.05, 3.63) is 60.6 Å². The standard InChI is InChI=1S/C15H12N2S/c1-11-2-4-13(5-3-11)15-17-10-14(18-15)12-6-8-16-9-7-12/h2-10H,1H3. The summed E-state index contributed by atoms with van der Waals surface area (Å²) in [5.41, 5.74) is 3.61. The zero-order chi connectivity index (χ0) is 12.4. The molecule has 0 atom stereocenters. The van der Waals surface area contributed by atoms with E-state index in [1.165, 1.54) is 21.6 Å². The lowest BCUT2D eigenvalue weighted by Crippen LogP contribution is -1.75. The first-order valence-corrected chi connectivity index (χ1v) is 6.58. The summed E-state index contributed by atoms with van der Waals surface area (Å²) in [6.07, 6.45) is 5.54. The highest BCUT2D eigenvalue weighted by atomic mass is 32.1. The van der Waals surface area contributed by atoms with Crippen molar-refractivity contribution in [1.29, 1.82) is 0 Å². The van der Waals surface area contributed by atoms with Gasteiger partial charge < -0.3 is 0 Å². The largest absolute Gasteiger partial charge is 0.265 e. The van der Waals surface area contributed by atoms with Gasteiger partial charge in [0.25, 0.3) is 0 Å². The number of hydrogen-bond acceptors (Lipinski definition) is 3. The smallest absolute Gasteiger partial charge is 0.123 e. The lowest BCUT2D eigenvalue weighted by atomic mass is 10.2.